The lowest BCUT2D eigenvalue weighted by Crippen LogP contribution is -1.94. The van der Waals surface area contributed by atoms with Gasteiger partial charge in [0.2, 0.25) is 0 Å². The van der Waals surface area contributed by atoms with E-state index >= 15 is 0 Å². The normalized spacial score (nSPS) is 10.2. The van der Waals surface area contributed by atoms with E-state index < -0.39 is 0 Å². The molecule has 0 aliphatic heterocycles. The summed E-state index contributed by atoms with van der Waals surface area (Å²) in [6.07, 6.45) is 5.32. The van der Waals surface area contributed by atoms with Crippen molar-refractivity contribution in [1.29, 1.82) is 0 Å². The Morgan fingerprint density at radius 2 is 2.27 bits per heavy atom. The van der Waals surface area contributed by atoms with Crippen LogP contribution in [0.4, 0.5) is 5.82 Å². The molecule has 0 unspecified atom stereocenters. The smallest absolute Gasteiger partial charge is 0.199 e. The number of nitrogens with two attached hydrogens (primary N) is 1. The van der Waals surface area contributed by atoms with Crippen LogP contribution in [0.2, 0.25) is 0 Å². The van der Waals surface area contributed by atoms with E-state index in [-0.39, 0.29) is 0 Å². The monoisotopic (exact) mass is 146 g/mol. The van der Waals surface area contributed by atoms with Crippen LogP contribution in [0.25, 0.3) is 11.0 Å². The van der Waals surface area contributed by atoms with Crippen LogP contribution in [0, 0.1) is 6.33 Å². The van der Waals surface area contributed by atoms with Gasteiger partial charge in [0, 0.05) is 6.20 Å². The van der Waals surface area contributed by atoms with Crippen LogP contribution in [0.5, 0.6) is 0 Å². The molecule has 2 N–H and O–H groups in total. The van der Waals surface area contributed by atoms with Crippen molar-refractivity contribution in [1.82, 2.24) is 19.9 Å². The molecular weight excluding hydrogens is 142 g/mol. The summed E-state index contributed by atoms with van der Waals surface area (Å²) in [4.78, 5) is 15.1. The van der Waals surface area contributed by atoms with E-state index in [1.807, 2.05) is 0 Å². The van der Waals surface area contributed by atoms with Crippen LogP contribution in [0.1, 0.15) is 0 Å². The second-order valence-corrected chi connectivity index (χ2v) is 1.97. The summed E-state index contributed by atoms with van der Waals surface area (Å²) in [6.45, 7) is 0. The van der Waals surface area contributed by atoms with Crippen LogP contribution in [0.15, 0.2) is 12.5 Å². The van der Waals surface area contributed by atoms with Crippen molar-refractivity contribution in [3.8, 4) is 0 Å². The molecular formula is C6H4N5. The van der Waals surface area contributed by atoms with E-state index in [9.17, 15) is 0 Å². The number of rotatable bonds is 0. The van der Waals surface area contributed by atoms with Gasteiger partial charge in [-0.05, 0) is 0 Å². The Kier molecular flexibility index (Phi) is 1.15. The summed E-state index contributed by atoms with van der Waals surface area (Å²) < 4.78 is 0. The zero-order chi connectivity index (χ0) is 7.68. The lowest BCUT2D eigenvalue weighted by atomic mass is 10.4. The topological polar surface area (TPSA) is 77.6 Å². The van der Waals surface area contributed by atoms with Gasteiger partial charge in [0.25, 0.3) is 0 Å². The molecule has 2 aromatic heterocycles. The Hall–Kier alpha value is -1.78. The summed E-state index contributed by atoms with van der Waals surface area (Å²) in [5.74, 6) is 0.393. The van der Waals surface area contributed by atoms with Gasteiger partial charge in [-0.3, -0.25) is 0 Å². The number of nitrogens with zero attached hydrogens (tertiary/aromatic N) is 4. The fourth-order valence-corrected chi connectivity index (χ4v) is 0.782. The predicted octanol–water partition coefficient (Wildman–Crippen LogP) is -0.198. The average molecular weight is 146 g/mol. The predicted molar refractivity (Wildman–Crippen MR) is 38.4 cm³/mol. The highest BCUT2D eigenvalue weighted by atomic mass is 15.0. The van der Waals surface area contributed by atoms with Crippen LogP contribution in [-0.4, -0.2) is 19.9 Å². The summed E-state index contributed by atoms with van der Waals surface area (Å²) in [6, 6.07) is 0. The molecule has 0 aromatic carbocycles. The van der Waals surface area contributed by atoms with Crippen LogP contribution >= 0.6 is 0 Å². The van der Waals surface area contributed by atoms with Crippen LogP contribution in [0.3, 0.4) is 0 Å². The van der Waals surface area contributed by atoms with Gasteiger partial charge in [-0.1, -0.05) is 0 Å². The van der Waals surface area contributed by atoms with Crippen molar-refractivity contribution in [3.05, 3.63) is 18.9 Å². The maximum Gasteiger partial charge on any atom is 0.199 e. The maximum absolute atomic E-state index is 5.51. The molecule has 0 aliphatic carbocycles. The molecule has 53 valence electrons. The minimum absolute atomic E-state index is 0.393. The van der Waals surface area contributed by atoms with Gasteiger partial charge in [0.05, 0.1) is 5.39 Å². The molecule has 0 saturated carbocycles. The van der Waals surface area contributed by atoms with Crippen molar-refractivity contribution in [2.45, 2.75) is 0 Å². The van der Waals surface area contributed by atoms with Gasteiger partial charge >= 0.3 is 0 Å². The van der Waals surface area contributed by atoms with Gasteiger partial charge in [-0.25, -0.2) is 19.9 Å². The van der Waals surface area contributed by atoms with E-state index in [4.69, 9.17) is 5.73 Å². The molecule has 0 spiro atoms. The largest absolute Gasteiger partial charge is 0.383 e. The summed E-state index contributed by atoms with van der Waals surface area (Å²) in [5.41, 5.74) is 6.03. The first-order valence-corrected chi connectivity index (χ1v) is 2.97. The van der Waals surface area contributed by atoms with Gasteiger partial charge in [0.15, 0.2) is 12.0 Å². The lowest BCUT2D eigenvalue weighted by molar-refractivity contribution is 1.13. The Morgan fingerprint density at radius 1 is 1.36 bits per heavy atom. The van der Waals surface area contributed by atoms with Gasteiger partial charge in [0.1, 0.15) is 12.1 Å². The standard InChI is InChI=1S/C6H4N5/c7-5-4-1-8-2-10-6(4)11-3-9-5/h1,3H,(H2,7,8,9,10,11). The molecule has 5 nitrogen and oxygen atoms in total. The second-order valence-electron chi connectivity index (χ2n) is 1.97. The average Bonchev–Trinajstić information content (AvgIpc) is 2.06. The number of hydrogen-bond donors (Lipinski definition) is 1. The molecule has 2 heterocycles. The van der Waals surface area contributed by atoms with Crippen LogP contribution in [-0.2, 0) is 0 Å². The molecule has 11 heavy (non-hydrogen) atoms. The highest BCUT2D eigenvalue weighted by Crippen LogP contribution is 2.10. The van der Waals surface area contributed by atoms with E-state index in [1.165, 1.54) is 12.5 Å². The number of hydrogen-bond acceptors (Lipinski definition) is 5. The molecule has 0 bridgehead atoms. The van der Waals surface area contributed by atoms with Crippen molar-refractivity contribution >= 4 is 16.9 Å². The zero-order valence-electron chi connectivity index (χ0n) is 5.52. The maximum atomic E-state index is 5.51. The third kappa shape index (κ3) is 0.861. The summed E-state index contributed by atoms with van der Waals surface area (Å²) >= 11 is 0. The lowest BCUT2D eigenvalue weighted by Gasteiger charge is -1.94. The SMILES string of the molecule is Nc1ncnc2n[c]ncc12. The van der Waals surface area contributed by atoms with Crippen molar-refractivity contribution in [2.75, 3.05) is 5.73 Å². The fourth-order valence-electron chi connectivity index (χ4n) is 0.782. The zero-order valence-corrected chi connectivity index (χ0v) is 5.52. The number of nitrogen functional groups attached to an aromatic ring is 1. The Bertz CT molecular complexity index is 380. The Morgan fingerprint density at radius 3 is 3.09 bits per heavy atom. The van der Waals surface area contributed by atoms with Gasteiger partial charge < -0.3 is 5.73 Å². The first kappa shape index (κ1) is 5.96. The number of aromatic nitrogens is 4. The molecule has 0 saturated heterocycles. The second kappa shape index (κ2) is 2.12. The fraction of sp³-hybridized carbons (Fsp3) is 0. The van der Waals surface area contributed by atoms with Gasteiger partial charge in [-0.15, -0.1) is 0 Å². The highest BCUT2D eigenvalue weighted by Gasteiger charge is 1.98. The summed E-state index contributed by atoms with van der Waals surface area (Å²) in [7, 11) is 0. The highest BCUT2D eigenvalue weighted by molar-refractivity contribution is 5.83. The molecule has 0 aliphatic rings. The minimum atomic E-state index is 0.393. The van der Waals surface area contributed by atoms with E-state index in [0.717, 1.165) is 0 Å². The quantitative estimate of drug-likeness (QED) is 0.557. The van der Waals surface area contributed by atoms with Crippen molar-refractivity contribution < 1.29 is 0 Å². The molecule has 1 radical (unpaired) electrons. The molecule has 0 atom stereocenters. The van der Waals surface area contributed by atoms with E-state index in [1.54, 1.807) is 0 Å². The third-order valence-corrected chi connectivity index (χ3v) is 1.30. The molecule has 0 amide bonds. The molecule has 2 rings (SSSR count). The number of fused-ring (bicyclic) bond motifs is 1. The van der Waals surface area contributed by atoms with E-state index in [0.29, 0.717) is 16.9 Å². The molecule has 5 heteroatoms. The van der Waals surface area contributed by atoms with Crippen LogP contribution < -0.4 is 5.73 Å². The van der Waals surface area contributed by atoms with Crippen molar-refractivity contribution in [3.63, 3.8) is 0 Å². The first-order chi connectivity index (χ1) is 5.38. The van der Waals surface area contributed by atoms with E-state index in [2.05, 4.69) is 26.3 Å². The summed E-state index contributed by atoms with van der Waals surface area (Å²) in [5, 5.41) is 0.659. The third-order valence-electron chi connectivity index (χ3n) is 1.30. The Balaban J connectivity index is 2.91. The first-order valence-electron chi connectivity index (χ1n) is 2.97. The van der Waals surface area contributed by atoms with Crippen molar-refractivity contribution in [2.24, 2.45) is 0 Å². The molecule has 2 aromatic rings. The minimum Gasteiger partial charge on any atom is -0.383 e. The number of anilines is 1. The van der Waals surface area contributed by atoms with Gasteiger partial charge in [-0.2, -0.15) is 0 Å². The Labute approximate surface area is 62.3 Å². The molecule has 0 fully saturated rings.